The predicted molar refractivity (Wildman–Crippen MR) is 69.2 cm³/mol. The second-order valence-corrected chi connectivity index (χ2v) is 5.32. The van der Waals surface area contributed by atoms with Crippen LogP contribution in [-0.4, -0.2) is 28.8 Å². The minimum atomic E-state index is -1.27. The van der Waals surface area contributed by atoms with Gasteiger partial charge in [0.05, 0.1) is 11.4 Å². The summed E-state index contributed by atoms with van der Waals surface area (Å²) < 4.78 is 10.5. The fourth-order valence-corrected chi connectivity index (χ4v) is 2.36. The Morgan fingerprint density at radius 3 is 2.83 bits per heavy atom. The van der Waals surface area contributed by atoms with E-state index in [0.29, 0.717) is 12.2 Å². The quantitative estimate of drug-likeness (QED) is 0.686. The summed E-state index contributed by atoms with van der Waals surface area (Å²) in [6, 6.07) is 8.70. The highest BCUT2D eigenvalue weighted by molar-refractivity contribution is 9.09. The molecule has 2 rings (SSSR count). The number of ether oxygens (including phenoxy) is 2. The molecule has 4 nitrogen and oxygen atoms in total. The highest BCUT2D eigenvalue weighted by Gasteiger charge is 2.30. The minimum Gasteiger partial charge on any atom is -0.432 e. The zero-order chi connectivity index (χ0) is 13.0. The van der Waals surface area contributed by atoms with E-state index in [1.807, 2.05) is 6.07 Å². The van der Waals surface area contributed by atoms with Crippen molar-refractivity contribution in [1.29, 1.82) is 0 Å². The molecular formula is C13H15BrO4. The van der Waals surface area contributed by atoms with Crippen LogP contribution in [-0.2, 0) is 14.3 Å². The Hall–Kier alpha value is -0.910. The summed E-state index contributed by atoms with van der Waals surface area (Å²) in [5.74, 6) is -0.683. The molecule has 1 N–H and O–H groups in total. The molecule has 5 heteroatoms. The van der Waals surface area contributed by atoms with Crippen molar-refractivity contribution in [1.82, 2.24) is 0 Å². The van der Waals surface area contributed by atoms with Crippen molar-refractivity contribution < 1.29 is 19.4 Å². The summed E-state index contributed by atoms with van der Waals surface area (Å²) >= 11 is 3.40. The number of hydrogen-bond acceptors (Lipinski definition) is 4. The second-order valence-electron chi connectivity index (χ2n) is 4.15. The van der Waals surface area contributed by atoms with Crippen LogP contribution in [0.25, 0.3) is 0 Å². The van der Waals surface area contributed by atoms with Crippen LogP contribution in [0.15, 0.2) is 30.3 Å². The smallest absolute Gasteiger partial charge is 0.341 e. The number of halogens is 1. The lowest BCUT2D eigenvalue weighted by Crippen LogP contribution is -2.35. The monoisotopic (exact) mass is 314 g/mol. The van der Waals surface area contributed by atoms with Gasteiger partial charge in [-0.3, -0.25) is 0 Å². The average Bonchev–Trinajstić information content (AvgIpc) is 2.41. The molecule has 0 saturated carbocycles. The Kier molecular flexibility index (Phi) is 4.74. The molecule has 0 bridgehead atoms. The van der Waals surface area contributed by atoms with Crippen LogP contribution < -0.4 is 0 Å². The summed E-state index contributed by atoms with van der Waals surface area (Å²) in [5.41, 5.74) is 0.518. The molecule has 0 aliphatic carbocycles. The molecule has 0 spiro atoms. The normalized spacial score (nSPS) is 25.4. The molecule has 1 aromatic carbocycles. The van der Waals surface area contributed by atoms with Crippen molar-refractivity contribution in [2.45, 2.75) is 30.1 Å². The number of carbonyl (C=O) groups excluding carboxylic acids is 1. The van der Waals surface area contributed by atoms with Gasteiger partial charge in [-0.05, 0) is 18.4 Å². The van der Waals surface area contributed by atoms with E-state index >= 15 is 0 Å². The molecule has 1 saturated heterocycles. The van der Waals surface area contributed by atoms with Crippen molar-refractivity contribution in [2.24, 2.45) is 0 Å². The van der Waals surface area contributed by atoms with Gasteiger partial charge in [-0.15, -0.1) is 0 Å². The Bertz CT molecular complexity index is 395. The molecule has 1 fully saturated rings. The lowest BCUT2D eigenvalue weighted by atomic mass is 10.1. The van der Waals surface area contributed by atoms with E-state index < -0.39 is 18.4 Å². The third-order valence-corrected chi connectivity index (χ3v) is 3.66. The number of benzene rings is 1. The Morgan fingerprint density at radius 1 is 1.44 bits per heavy atom. The zero-order valence-corrected chi connectivity index (χ0v) is 11.4. The van der Waals surface area contributed by atoms with E-state index in [1.54, 1.807) is 24.3 Å². The third kappa shape index (κ3) is 3.31. The van der Waals surface area contributed by atoms with Gasteiger partial charge < -0.3 is 14.6 Å². The van der Waals surface area contributed by atoms with Gasteiger partial charge in [0.1, 0.15) is 0 Å². The molecule has 0 aromatic heterocycles. The van der Waals surface area contributed by atoms with Gasteiger partial charge >= 0.3 is 5.97 Å². The number of esters is 1. The Morgan fingerprint density at radius 2 is 2.17 bits per heavy atom. The standard InChI is InChI=1S/C13H15BrO4/c14-10-7-4-8-17-13(10)18-12(16)11(15)9-5-2-1-3-6-9/h1-3,5-6,10-11,13,15H,4,7-8H2/t10-,11-,13+/m0/s1. The van der Waals surface area contributed by atoms with Crippen molar-refractivity contribution in [3.8, 4) is 0 Å². The first-order valence-corrected chi connectivity index (χ1v) is 6.79. The van der Waals surface area contributed by atoms with Gasteiger partial charge in [0.25, 0.3) is 0 Å². The molecule has 1 aliphatic rings. The molecule has 1 heterocycles. The topological polar surface area (TPSA) is 55.8 Å². The van der Waals surface area contributed by atoms with Crippen LogP contribution in [0.4, 0.5) is 0 Å². The van der Waals surface area contributed by atoms with Crippen molar-refractivity contribution in [3.05, 3.63) is 35.9 Å². The fourth-order valence-electron chi connectivity index (χ4n) is 1.78. The lowest BCUT2D eigenvalue weighted by molar-refractivity contribution is -0.193. The first-order valence-electron chi connectivity index (χ1n) is 5.87. The molecule has 0 radical (unpaired) electrons. The number of carbonyl (C=O) groups is 1. The van der Waals surface area contributed by atoms with Crippen LogP contribution in [0, 0.1) is 0 Å². The predicted octanol–water partition coefficient (Wildman–Crippen LogP) is 2.16. The molecular weight excluding hydrogens is 300 g/mol. The molecule has 18 heavy (non-hydrogen) atoms. The van der Waals surface area contributed by atoms with Gasteiger partial charge in [-0.2, -0.15) is 0 Å². The van der Waals surface area contributed by atoms with E-state index in [1.165, 1.54) is 0 Å². The number of hydrogen-bond donors (Lipinski definition) is 1. The first-order chi connectivity index (χ1) is 8.68. The second kappa shape index (κ2) is 6.31. The van der Waals surface area contributed by atoms with Gasteiger partial charge in [-0.1, -0.05) is 46.3 Å². The largest absolute Gasteiger partial charge is 0.432 e. The van der Waals surface area contributed by atoms with Crippen LogP contribution in [0.3, 0.4) is 0 Å². The SMILES string of the molecule is O=C(O[C@H]1OCCC[C@@H]1Br)[C@@H](O)c1ccccc1. The molecule has 98 valence electrons. The maximum absolute atomic E-state index is 11.8. The summed E-state index contributed by atoms with van der Waals surface area (Å²) in [4.78, 5) is 11.8. The van der Waals surface area contributed by atoms with E-state index in [2.05, 4.69) is 15.9 Å². The van der Waals surface area contributed by atoms with Crippen molar-refractivity contribution >= 4 is 21.9 Å². The number of aliphatic hydroxyl groups is 1. The molecule has 1 aliphatic heterocycles. The van der Waals surface area contributed by atoms with Crippen LogP contribution in [0.2, 0.25) is 0 Å². The van der Waals surface area contributed by atoms with E-state index in [-0.39, 0.29) is 4.83 Å². The number of alkyl halides is 1. The van der Waals surface area contributed by atoms with Gasteiger partial charge in [0.15, 0.2) is 6.10 Å². The third-order valence-electron chi connectivity index (χ3n) is 2.77. The Balaban J connectivity index is 1.95. The van der Waals surface area contributed by atoms with Crippen molar-refractivity contribution in [3.63, 3.8) is 0 Å². The molecule has 0 unspecified atom stereocenters. The summed E-state index contributed by atoms with van der Waals surface area (Å²) in [6.07, 6.45) is -0.0639. The van der Waals surface area contributed by atoms with Gasteiger partial charge in [0.2, 0.25) is 6.29 Å². The average molecular weight is 315 g/mol. The highest BCUT2D eigenvalue weighted by atomic mass is 79.9. The molecule has 1 aromatic rings. The van der Waals surface area contributed by atoms with E-state index in [4.69, 9.17) is 9.47 Å². The lowest BCUT2D eigenvalue weighted by Gasteiger charge is -2.28. The van der Waals surface area contributed by atoms with Crippen LogP contribution in [0.1, 0.15) is 24.5 Å². The zero-order valence-electron chi connectivity index (χ0n) is 9.79. The molecule has 0 amide bonds. The van der Waals surface area contributed by atoms with Crippen LogP contribution >= 0.6 is 15.9 Å². The summed E-state index contributed by atoms with van der Waals surface area (Å²) in [7, 11) is 0. The highest BCUT2D eigenvalue weighted by Crippen LogP contribution is 2.24. The minimum absolute atomic E-state index is 0.0156. The summed E-state index contributed by atoms with van der Waals surface area (Å²) in [5, 5.41) is 9.86. The van der Waals surface area contributed by atoms with Gasteiger partial charge in [-0.25, -0.2) is 4.79 Å². The number of rotatable bonds is 3. The van der Waals surface area contributed by atoms with Gasteiger partial charge in [0, 0.05) is 0 Å². The fraction of sp³-hybridized carbons (Fsp3) is 0.462. The van der Waals surface area contributed by atoms with E-state index in [0.717, 1.165) is 12.8 Å². The van der Waals surface area contributed by atoms with Crippen molar-refractivity contribution in [2.75, 3.05) is 6.61 Å². The number of aliphatic hydroxyl groups excluding tert-OH is 1. The maximum atomic E-state index is 11.8. The Labute approximate surface area is 114 Å². The summed E-state index contributed by atoms with van der Waals surface area (Å²) in [6.45, 7) is 0.571. The van der Waals surface area contributed by atoms with Crippen LogP contribution in [0.5, 0.6) is 0 Å². The van der Waals surface area contributed by atoms with E-state index in [9.17, 15) is 9.90 Å². The molecule has 3 atom stereocenters. The maximum Gasteiger partial charge on any atom is 0.341 e. The first kappa shape index (κ1) is 13.5.